The Hall–Kier alpha value is -11.7. The molecule has 1 aromatic heterocycles. The minimum Gasteiger partial charge on any atom is -0.497 e. The monoisotopic (exact) mass is 1540 g/mol. The first kappa shape index (κ1) is 79.4. The molecule has 594 valence electrons. The molecule has 6 aromatic carbocycles. The number of nitrogens with one attached hydrogen (secondary N) is 4. The Morgan fingerprint density at radius 3 is 2.06 bits per heavy atom. The van der Waals surface area contributed by atoms with E-state index in [1.54, 1.807) is 61.1 Å². The molecule has 1 saturated heterocycles. The molecule has 1 unspecified atom stereocenters. The second kappa shape index (κ2) is 34.9. The number of fused-ring (bicyclic) bond motifs is 9. The Balaban J connectivity index is 0.589. The second-order valence-corrected chi connectivity index (χ2v) is 30.4. The number of para-hydroxylation sites is 1. The number of ketones is 1. The van der Waals surface area contributed by atoms with Gasteiger partial charge in [0, 0.05) is 73.3 Å². The van der Waals surface area contributed by atoms with Crippen molar-refractivity contribution >= 4 is 70.2 Å². The number of methoxy groups -OCH3 is 3. The van der Waals surface area contributed by atoms with Crippen molar-refractivity contribution in [2.75, 3.05) is 70.5 Å². The minimum atomic E-state index is -1.50. The molecule has 28 heteroatoms. The first-order chi connectivity index (χ1) is 54.6. The molecule has 1 saturated carbocycles. The van der Waals surface area contributed by atoms with Gasteiger partial charge in [-0.1, -0.05) is 97.9 Å². The molecular weight excluding hydrogens is 1450 g/mol. The summed E-state index contributed by atoms with van der Waals surface area (Å²) in [4.78, 5) is 131. The number of nitrogens with zero attached hydrogens (tertiary/aromatic N) is 7. The number of hydrogen-bond acceptors (Lipinski definition) is 19. The molecule has 13 rings (SSSR count). The smallest absolute Gasteiger partial charge is 0.416 e. The predicted octanol–water partition coefficient (Wildman–Crippen LogP) is 9.16. The molecule has 28 nitrogen and oxygen atoms in total. The van der Waals surface area contributed by atoms with Crippen molar-refractivity contribution in [2.24, 2.45) is 17.1 Å². The van der Waals surface area contributed by atoms with E-state index in [0.717, 1.165) is 75.4 Å². The third-order valence-corrected chi connectivity index (χ3v) is 22.0. The van der Waals surface area contributed by atoms with Crippen molar-refractivity contribution in [1.29, 1.82) is 0 Å². The highest BCUT2D eigenvalue weighted by Gasteiger charge is 2.58. The van der Waals surface area contributed by atoms with E-state index in [0.29, 0.717) is 84.8 Å². The zero-order valence-corrected chi connectivity index (χ0v) is 64.8. The normalized spacial score (nSPS) is 17.4. The number of hydrogen-bond donors (Lipinski definition) is 6. The van der Waals surface area contributed by atoms with Gasteiger partial charge in [0.25, 0.3) is 11.8 Å². The van der Waals surface area contributed by atoms with E-state index in [1.807, 2.05) is 108 Å². The van der Waals surface area contributed by atoms with Crippen molar-refractivity contribution in [3.8, 4) is 51.3 Å². The number of aliphatic hydroxyl groups excluding tert-OH is 1. The average Bonchev–Trinajstić information content (AvgIpc) is 1.58. The fourth-order valence-electron chi connectivity index (χ4n) is 15.6. The standard InChI is InChI=1S/C85H98N12O16/c1-50(2)77(90-75(101)45-88-74(100)44-87-73(99)30-31-76(102)94-46-56-15-8-9-16-60(56)78-79(97(51(3)4)92-91-78)61-17-10-11-19-65(61)94)80(103)89-64(18-12-13-34-86)68(98)37-52-20-22-53(23-21-52)48-113-84(107)96-66-42-72(70(110-7)41-63(66)82(105)95-49-85(32-33-85)43-67(95)83(96)106)112-36-14-35-111-71-39-55-24-27-58-38-57(54-25-28-59(108-5)29-26-54)47-93(58)81(104)62(55)40-69(71)109-6/h8-11,15-17,19-23,25-26,28-29,39-42,47,50-51,58,64,67,77,83,106H,12-14,18,24,27,30-38,43-46,48-49,86H2,1-7H3,(H,87,99)(H,88,100)(H,89,103)(H,90,101)/t58-,64+,67+,77+,83?/m1/s1. The SMILES string of the molecule is COc1ccc(C2=CN3C(=O)c4cc(OC)c(OCCCOc5cc6c(cc5OC)C(=O)N5CC7(CC7)C[C@H]5C(O)N6C(=O)OCc5ccc(CC(=O)[C@H](CCCCN)NC(=O)[C@@H](NC(=O)CNC(=O)CNC(=O)CCC(=O)N6Cc7ccccc7-c7nnn(C(C)C)c7-c7ccccc76)C(C)C)cc5)cc4CC[C@@H]3C2)cc1. The number of ether oxygens (including phenoxy) is 6. The van der Waals surface area contributed by atoms with Crippen LogP contribution in [0.3, 0.4) is 0 Å². The Bertz CT molecular complexity index is 4780. The van der Waals surface area contributed by atoms with E-state index < -0.39 is 73.1 Å². The highest BCUT2D eigenvalue weighted by atomic mass is 16.6. The number of carbonyl (C=O) groups excluding carboxylic acids is 9. The average molecular weight is 1540 g/mol. The second-order valence-electron chi connectivity index (χ2n) is 30.4. The topological polar surface area (TPSA) is 347 Å². The summed E-state index contributed by atoms with van der Waals surface area (Å²) >= 11 is 0. The van der Waals surface area contributed by atoms with Crippen LogP contribution in [0.5, 0.6) is 28.7 Å². The number of carbonyl (C=O) groups is 9. The molecule has 5 atom stereocenters. The number of amides is 8. The molecule has 113 heavy (non-hydrogen) atoms. The first-order valence-electron chi connectivity index (χ1n) is 38.7. The summed E-state index contributed by atoms with van der Waals surface area (Å²) in [6.07, 6.45) is 5.16. The van der Waals surface area contributed by atoms with Gasteiger partial charge in [0.15, 0.2) is 35.0 Å². The molecule has 1 aliphatic carbocycles. The number of rotatable bonds is 31. The summed E-state index contributed by atoms with van der Waals surface area (Å²) in [7, 11) is 4.61. The van der Waals surface area contributed by atoms with Gasteiger partial charge in [-0.25, -0.2) is 14.4 Å². The lowest BCUT2D eigenvalue weighted by Gasteiger charge is -2.31. The number of aromatic nitrogens is 3. The summed E-state index contributed by atoms with van der Waals surface area (Å²) in [5.74, 6) is -2.02. The summed E-state index contributed by atoms with van der Waals surface area (Å²) in [5, 5.41) is 31.9. The minimum absolute atomic E-state index is 0.000687. The number of aliphatic hydroxyl groups is 1. The summed E-state index contributed by atoms with van der Waals surface area (Å²) in [5.41, 5.74) is 15.1. The van der Waals surface area contributed by atoms with Gasteiger partial charge in [-0.3, -0.25) is 38.4 Å². The van der Waals surface area contributed by atoms with E-state index in [4.69, 9.17) is 34.2 Å². The van der Waals surface area contributed by atoms with Crippen LogP contribution < -0.4 is 60.5 Å². The maximum Gasteiger partial charge on any atom is 0.416 e. The Morgan fingerprint density at radius 2 is 1.36 bits per heavy atom. The van der Waals surface area contributed by atoms with Crippen LogP contribution in [0, 0.1) is 11.3 Å². The van der Waals surface area contributed by atoms with Crippen LogP contribution in [0.25, 0.3) is 28.1 Å². The Labute approximate surface area is 656 Å². The van der Waals surface area contributed by atoms with Gasteiger partial charge in [0.05, 0.1) is 88.9 Å². The number of anilines is 2. The van der Waals surface area contributed by atoms with E-state index in [2.05, 4.69) is 31.6 Å². The van der Waals surface area contributed by atoms with Gasteiger partial charge < -0.3 is 75.2 Å². The molecule has 6 aliphatic rings. The Kier molecular flexibility index (Phi) is 24.6. The number of aryl methyl sites for hydroxylation is 1. The van der Waals surface area contributed by atoms with Gasteiger partial charge in [-0.05, 0) is 159 Å². The molecule has 7 N–H and O–H groups in total. The number of Topliss-reactive ketones (excluding diaryl/α,β-unsaturated/α-hetero) is 1. The van der Waals surface area contributed by atoms with Crippen LogP contribution >= 0.6 is 0 Å². The lowest BCUT2D eigenvalue weighted by atomic mass is 9.95. The van der Waals surface area contributed by atoms with Gasteiger partial charge in [-0.2, -0.15) is 0 Å². The zero-order valence-electron chi connectivity index (χ0n) is 64.8. The zero-order chi connectivity index (χ0) is 79.8. The third kappa shape index (κ3) is 17.7. The van der Waals surface area contributed by atoms with Crippen molar-refractivity contribution in [3.05, 3.63) is 166 Å². The summed E-state index contributed by atoms with van der Waals surface area (Å²) < 4.78 is 37.3. The van der Waals surface area contributed by atoms with Crippen molar-refractivity contribution in [1.82, 2.24) is 46.1 Å². The molecule has 2 fully saturated rings. The first-order valence-corrected chi connectivity index (χ1v) is 38.7. The maximum atomic E-state index is 14.6. The molecule has 5 aliphatic heterocycles. The van der Waals surface area contributed by atoms with Crippen LogP contribution in [-0.4, -0.2) is 174 Å². The van der Waals surface area contributed by atoms with Crippen LogP contribution in [-0.2, 0) is 59.5 Å². The van der Waals surface area contributed by atoms with Crippen molar-refractivity contribution in [3.63, 3.8) is 0 Å². The quantitative estimate of drug-likeness (QED) is 0.0220. The van der Waals surface area contributed by atoms with E-state index >= 15 is 0 Å². The van der Waals surface area contributed by atoms with Gasteiger partial charge in [-0.15, -0.1) is 5.10 Å². The maximum absolute atomic E-state index is 14.6. The number of benzene rings is 6. The lowest BCUT2D eigenvalue weighted by molar-refractivity contribution is -0.132. The van der Waals surface area contributed by atoms with E-state index in [1.165, 1.54) is 26.4 Å². The molecule has 0 bridgehead atoms. The van der Waals surface area contributed by atoms with E-state index in [9.17, 15) is 48.3 Å². The largest absolute Gasteiger partial charge is 0.497 e. The highest BCUT2D eigenvalue weighted by Crippen LogP contribution is 2.57. The van der Waals surface area contributed by atoms with Crippen LogP contribution in [0.2, 0.25) is 0 Å². The molecule has 6 heterocycles. The molecule has 7 aromatic rings. The highest BCUT2D eigenvalue weighted by molar-refractivity contribution is 6.07. The van der Waals surface area contributed by atoms with Crippen LogP contribution in [0.4, 0.5) is 16.2 Å². The van der Waals surface area contributed by atoms with Gasteiger partial charge in [0.1, 0.15) is 24.1 Å². The fourth-order valence-corrected chi connectivity index (χ4v) is 15.6. The lowest BCUT2D eigenvalue weighted by Crippen LogP contribution is -2.55. The molecule has 1 spiro atoms. The van der Waals surface area contributed by atoms with E-state index in [-0.39, 0.29) is 116 Å². The Morgan fingerprint density at radius 1 is 0.681 bits per heavy atom. The summed E-state index contributed by atoms with van der Waals surface area (Å²) in [6, 6.07) is 33.7. The molecule has 0 radical (unpaired) electrons. The van der Waals surface area contributed by atoms with Gasteiger partial charge in [0.2, 0.25) is 29.5 Å². The fraction of sp³-hybridized carbons (Fsp3) is 0.424. The predicted molar refractivity (Wildman–Crippen MR) is 420 cm³/mol. The number of unbranched alkanes of at least 4 members (excludes halogenated alkanes) is 1. The summed E-state index contributed by atoms with van der Waals surface area (Å²) in [6.45, 7) is 7.48. The number of nitrogens with two attached hydrogens (primary N) is 1. The third-order valence-electron chi connectivity index (χ3n) is 22.0. The van der Waals surface area contributed by atoms with Gasteiger partial charge >= 0.3 is 6.09 Å². The van der Waals surface area contributed by atoms with Crippen LogP contribution in [0.15, 0.2) is 128 Å². The van der Waals surface area contributed by atoms with Crippen LogP contribution in [0.1, 0.15) is 153 Å². The van der Waals surface area contributed by atoms with Crippen molar-refractivity contribution < 1.29 is 76.7 Å². The van der Waals surface area contributed by atoms with Crippen molar-refractivity contribution in [2.45, 2.75) is 161 Å². The molecule has 8 amide bonds. The molecular formula is C85H98N12O16.